The van der Waals surface area contributed by atoms with Gasteiger partial charge in [-0.3, -0.25) is 0 Å². The second-order valence-corrected chi connectivity index (χ2v) is 5.73. The van der Waals surface area contributed by atoms with E-state index in [1.165, 1.54) is 12.4 Å². The number of aromatic carboxylic acids is 1. The van der Waals surface area contributed by atoms with Crippen LogP contribution in [0.1, 0.15) is 15.9 Å². The topological polar surface area (TPSA) is 75.1 Å². The van der Waals surface area contributed by atoms with E-state index in [4.69, 9.17) is 16.7 Å². The van der Waals surface area contributed by atoms with Gasteiger partial charge in [0.15, 0.2) is 5.82 Å². The first-order valence-electron chi connectivity index (χ1n) is 6.05. The molecule has 3 rings (SSSR count). The number of nitrogens with one attached hydrogen (secondary N) is 1. The average molecular weight is 320 g/mol. The smallest absolute Gasteiger partial charge is 0.337 e. The normalized spacial score (nSPS) is 10.8. The maximum atomic E-state index is 10.9. The van der Waals surface area contributed by atoms with Crippen molar-refractivity contribution in [1.82, 2.24) is 9.97 Å². The van der Waals surface area contributed by atoms with Crippen LogP contribution in [0.4, 0.5) is 11.5 Å². The highest BCUT2D eigenvalue weighted by Crippen LogP contribution is 2.31. The number of carbonyl (C=O) groups is 1. The van der Waals surface area contributed by atoms with Gasteiger partial charge in [0.05, 0.1) is 20.8 Å². The number of carboxylic acids is 1. The predicted molar refractivity (Wildman–Crippen MR) is 83.8 cm³/mol. The van der Waals surface area contributed by atoms with E-state index in [-0.39, 0.29) is 10.6 Å². The number of aryl methyl sites for hydroxylation is 1. The summed E-state index contributed by atoms with van der Waals surface area (Å²) in [5.74, 6) is -0.373. The Labute approximate surface area is 129 Å². The first-order chi connectivity index (χ1) is 10.1. The van der Waals surface area contributed by atoms with Crippen LogP contribution in [0.5, 0.6) is 0 Å². The molecule has 3 aromatic rings. The number of nitrogens with zero attached hydrogens (tertiary/aromatic N) is 2. The van der Waals surface area contributed by atoms with Gasteiger partial charge in [0.25, 0.3) is 0 Å². The van der Waals surface area contributed by atoms with Crippen molar-refractivity contribution in [2.45, 2.75) is 6.92 Å². The van der Waals surface area contributed by atoms with Gasteiger partial charge >= 0.3 is 5.97 Å². The lowest BCUT2D eigenvalue weighted by atomic mass is 10.2. The molecule has 106 valence electrons. The zero-order valence-electron chi connectivity index (χ0n) is 10.9. The van der Waals surface area contributed by atoms with Crippen LogP contribution in [-0.4, -0.2) is 21.0 Å². The molecule has 0 radical (unpaired) electrons. The predicted octanol–water partition coefficient (Wildman–Crippen LogP) is 4.09. The van der Waals surface area contributed by atoms with Crippen LogP contribution in [0.25, 0.3) is 10.2 Å². The average Bonchev–Trinajstić information content (AvgIpc) is 2.81. The monoisotopic (exact) mass is 319 g/mol. The van der Waals surface area contributed by atoms with Gasteiger partial charge in [-0.1, -0.05) is 11.6 Å². The van der Waals surface area contributed by atoms with Gasteiger partial charge in [-0.15, -0.1) is 11.3 Å². The third-order valence-corrected chi connectivity index (χ3v) is 4.40. The number of thiophene rings is 1. The lowest BCUT2D eigenvalue weighted by Gasteiger charge is -2.08. The van der Waals surface area contributed by atoms with Crippen LogP contribution in [-0.2, 0) is 0 Å². The number of rotatable bonds is 3. The van der Waals surface area contributed by atoms with E-state index < -0.39 is 5.97 Å². The van der Waals surface area contributed by atoms with Crippen molar-refractivity contribution in [1.29, 1.82) is 0 Å². The molecule has 2 N–H and O–H groups in total. The van der Waals surface area contributed by atoms with E-state index in [0.717, 1.165) is 15.8 Å². The van der Waals surface area contributed by atoms with Crippen molar-refractivity contribution in [3.05, 3.63) is 46.1 Å². The minimum atomic E-state index is -1.05. The number of hydrogen-bond acceptors (Lipinski definition) is 5. The Morgan fingerprint density at radius 3 is 2.90 bits per heavy atom. The highest BCUT2D eigenvalue weighted by molar-refractivity contribution is 7.18. The first-order valence-corrected chi connectivity index (χ1v) is 7.30. The van der Waals surface area contributed by atoms with Gasteiger partial charge in [0.2, 0.25) is 0 Å². The molecule has 0 aliphatic carbocycles. The third kappa shape index (κ3) is 2.55. The van der Waals surface area contributed by atoms with Gasteiger partial charge in [0.1, 0.15) is 6.33 Å². The zero-order valence-corrected chi connectivity index (χ0v) is 12.5. The molecule has 0 fully saturated rings. The highest BCUT2D eigenvalue weighted by Gasteiger charge is 2.11. The maximum Gasteiger partial charge on any atom is 0.337 e. The molecule has 2 aromatic heterocycles. The maximum absolute atomic E-state index is 10.9. The molecule has 0 aliphatic rings. The SMILES string of the molecule is Cc1csc2c(Nc3ccc(C(=O)O)c(Cl)c3)ncnc12. The molecule has 0 amide bonds. The van der Waals surface area contributed by atoms with Crippen LogP contribution in [0.3, 0.4) is 0 Å². The van der Waals surface area contributed by atoms with Gasteiger partial charge in [0, 0.05) is 5.69 Å². The third-order valence-electron chi connectivity index (χ3n) is 2.99. The van der Waals surface area contributed by atoms with Gasteiger partial charge in [-0.2, -0.15) is 0 Å². The Morgan fingerprint density at radius 1 is 1.38 bits per heavy atom. The molecule has 0 atom stereocenters. The van der Waals surface area contributed by atoms with E-state index >= 15 is 0 Å². The molecule has 5 nitrogen and oxygen atoms in total. The van der Waals surface area contributed by atoms with Crippen molar-refractivity contribution >= 4 is 50.6 Å². The summed E-state index contributed by atoms with van der Waals surface area (Å²) >= 11 is 7.52. The summed E-state index contributed by atoms with van der Waals surface area (Å²) in [5, 5.41) is 14.3. The fraction of sp³-hybridized carbons (Fsp3) is 0.0714. The number of aromatic nitrogens is 2. The molecule has 0 bridgehead atoms. The molecular weight excluding hydrogens is 310 g/mol. The van der Waals surface area contributed by atoms with Crippen LogP contribution in [0, 0.1) is 6.92 Å². The molecule has 0 spiro atoms. The van der Waals surface area contributed by atoms with Crippen LogP contribution < -0.4 is 5.32 Å². The lowest BCUT2D eigenvalue weighted by Crippen LogP contribution is -1.99. The summed E-state index contributed by atoms with van der Waals surface area (Å²) in [6.45, 7) is 1.99. The number of benzene rings is 1. The Bertz CT molecular complexity index is 847. The second kappa shape index (κ2) is 5.31. The summed E-state index contributed by atoms with van der Waals surface area (Å²) in [7, 11) is 0. The Kier molecular flexibility index (Phi) is 3.48. The van der Waals surface area contributed by atoms with Gasteiger partial charge < -0.3 is 10.4 Å². The van der Waals surface area contributed by atoms with E-state index in [2.05, 4.69) is 15.3 Å². The molecule has 7 heteroatoms. The van der Waals surface area contributed by atoms with Crippen molar-refractivity contribution in [2.75, 3.05) is 5.32 Å². The summed E-state index contributed by atoms with van der Waals surface area (Å²) in [5.41, 5.74) is 2.75. The number of carboxylic acid groups (broad SMARTS) is 1. The van der Waals surface area contributed by atoms with E-state index in [9.17, 15) is 4.79 Å². The van der Waals surface area contributed by atoms with Crippen LogP contribution in [0.2, 0.25) is 5.02 Å². The number of anilines is 2. The number of halogens is 1. The number of hydrogen-bond donors (Lipinski definition) is 2. The van der Waals surface area contributed by atoms with E-state index in [1.807, 2.05) is 12.3 Å². The van der Waals surface area contributed by atoms with Gasteiger partial charge in [-0.05, 0) is 36.1 Å². The molecule has 0 saturated heterocycles. The Hall–Kier alpha value is -2.18. The minimum Gasteiger partial charge on any atom is -0.478 e. The zero-order chi connectivity index (χ0) is 15.0. The van der Waals surface area contributed by atoms with Crippen molar-refractivity contribution < 1.29 is 9.90 Å². The fourth-order valence-electron chi connectivity index (χ4n) is 1.96. The molecular formula is C14H10ClN3O2S. The van der Waals surface area contributed by atoms with Crippen molar-refractivity contribution in [3.63, 3.8) is 0 Å². The van der Waals surface area contributed by atoms with E-state index in [0.29, 0.717) is 11.5 Å². The van der Waals surface area contributed by atoms with Crippen molar-refractivity contribution in [2.24, 2.45) is 0 Å². The minimum absolute atomic E-state index is 0.0713. The van der Waals surface area contributed by atoms with E-state index in [1.54, 1.807) is 23.5 Å². The highest BCUT2D eigenvalue weighted by atomic mass is 35.5. The summed E-state index contributed by atoms with van der Waals surface area (Å²) in [6, 6.07) is 4.69. The summed E-state index contributed by atoms with van der Waals surface area (Å²) < 4.78 is 0.952. The molecule has 1 aromatic carbocycles. The fourth-order valence-corrected chi connectivity index (χ4v) is 3.17. The molecule has 0 aliphatic heterocycles. The summed E-state index contributed by atoms with van der Waals surface area (Å²) in [4.78, 5) is 19.4. The largest absolute Gasteiger partial charge is 0.478 e. The quantitative estimate of drug-likeness (QED) is 0.760. The Balaban J connectivity index is 1.99. The molecule has 21 heavy (non-hydrogen) atoms. The van der Waals surface area contributed by atoms with Crippen LogP contribution >= 0.6 is 22.9 Å². The standard InChI is InChI=1S/C14H10ClN3O2S/c1-7-5-21-12-11(7)16-6-17-13(12)18-8-2-3-9(14(19)20)10(15)4-8/h2-6H,1H3,(H,19,20)(H,16,17,18). The lowest BCUT2D eigenvalue weighted by molar-refractivity contribution is 0.0697. The molecule has 0 unspecified atom stereocenters. The Morgan fingerprint density at radius 2 is 2.19 bits per heavy atom. The summed E-state index contributed by atoms with van der Waals surface area (Å²) in [6.07, 6.45) is 1.50. The second-order valence-electron chi connectivity index (χ2n) is 4.44. The molecule has 0 saturated carbocycles. The first kappa shape index (κ1) is 13.8. The number of fused-ring (bicyclic) bond motifs is 1. The van der Waals surface area contributed by atoms with Gasteiger partial charge in [-0.25, -0.2) is 14.8 Å². The molecule has 2 heterocycles. The van der Waals surface area contributed by atoms with Crippen molar-refractivity contribution in [3.8, 4) is 0 Å². The van der Waals surface area contributed by atoms with Crippen LogP contribution in [0.15, 0.2) is 29.9 Å².